The smallest absolute Gasteiger partial charge is 0.387 e. The van der Waals surface area contributed by atoms with Crippen LogP contribution in [-0.4, -0.2) is 43.2 Å². The quantitative estimate of drug-likeness (QED) is 0.665. The predicted octanol–water partition coefficient (Wildman–Crippen LogP) is 3.99. The Morgan fingerprint density at radius 2 is 1.86 bits per heavy atom. The second kappa shape index (κ2) is 9.48. The number of nitrogens with zero attached hydrogens (tertiary/aromatic N) is 2. The minimum Gasteiger partial charge on any atom is -0.435 e. The van der Waals surface area contributed by atoms with E-state index in [1.165, 1.54) is 18.0 Å². The third-order valence-corrected chi connectivity index (χ3v) is 4.73. The molecule has 1 aliphatic rings. The van der Waals surface area contributed by atoms with E-state index in [2.05, 4.69) is 20.9 Å². The zero-order valence-electron chi connectivity index (χ0n) is 15.3. The summed E-state index contributed by atoms with van der Waals surface area (Å²) in [4.78, 5) is 13.9. The molecule has 1 N–H and O–H groups in total. The van der Waals surface area contributed by atoms with Gasteiger partial charge in [-0.3, -0.25) is 4.79 Å². The molecule has 2 rings (SSSR count). The molecule has 10 heteroatoms. The van der Waals surface area contributed by atoms with Crippen LogP contribution in [0.1, 0.15) is 32.1 Å². The summed E-state index contributed by atoms with van der Waals surface area (Å²) in [6, 6.07) is 5.44. The van der Waals surface area contributed by atoms with E-state index < -0.39 is 30.4 Å². The van der Waals surface area contributed by atoms with Crippen molar-refractivity contribution in [2.75, 3.05) is 18.9 Å². The Labute approximate surface area is 160 Å². The molecule has 0 atom stereocenters. The van der Waals surface area contributed by atoms with Crippen LogP contribution >= 0.6 is 0 Å². The van der Waals surface area contributed by atoms with E-state index in [1.807, 2.05) is 0 Å². The third-order valence-electron chi connectivity index (χ3n) is 4.73. The molecule has 0 aliphatic heterocycles. The molecule has 28 heavy (non-hydrogen) atoms. The summed E-state index contributed by atoms with van der Waals surface area (Å²) in [6.07, 6.45) is 3.84. The molecule has 1 fully saturated rings. The van der Waals surface area contributed by atoms with E-state index >= 15 is 0 Å². The number of rotatable bonds is 8. The van der Waals surface area contributed by atoms with Gasteiger partial charge in [-0.2, -0.15) is 22.8 Å². The molecule has 154 valence electrons. The molecule has 1 amide bonds. The molecule has 1 aromatic carbocycles. The van der Waals surface area contributed by atoms with E-state index in [-0.39, 0.29) is 18.0 Å². The number of likely N-dealkylation sites (N-methyl/N-ethyl adjacent to an activating group) is 1. The van der Waals surface area contributed by atoms with Crippen LogP contribution in [0, 0.1) is 11.3 Å². The van der Waals surface area contributed by atoms with E-state index in [9.17, 15) is 27.6 Å². The van der Waals surface area contributed by atoms with Crippen molar-refractivity contribution in [3.63, 3.8) is 0 Å². The van der Waals surface area contributed by atoms with Crippen LogP contribution in [0.15, 0.2) is 18.2 Å². The lowest BCUT2D eigenvalue weighted by molar-refractivity contribution is -0.132. The lowest BCUT2D eigenvalue weighted by Crippen LogP contribution is -2.51. The number of hydrogen-bond donors (Lipinski definition) is 1. The van der Waals surface area contributed by atoms with Crippen molar-refractivity contribution in [3.8, 4) is 17.6 Å². The molecule has 0 spiro atoms. The molecule has 6 nitrogen and oxygen atoms in total. The Hall–Kier alpha value is -2.70. The summed E-state index contributed by atoms with van der Waals surface area (Å²) in [7, 11) is 1.54. The van der Waals surface area contributed by atoms with E-state index in [0.717, 1.165) is 31.4 Å². The maximum Gasteiger partial charge on any atom is 0.387 e. The molecule has 1 saturated carbocycles. The first-order valence-corrected chi connectivity index (χ1v) is 8.73. The second-order valence-electron chi connectivity index (χ2n) is 6.43. The summed E-state index contributed by atoms with van der Waals surface area (Å²) in [6.45, 7) is -6.59. The van der Waals surface area contributed by atoms with Crippen LogP contribution in [0.4, 0.5) is 23.2 Å². The number of hydrogen-bond acceptors (Lipinski definition) is 5. The molecule has 1 aliphatic carbocycles. The number of amides is 1. The zero-order valence-corrected chi connectivity index (χ0v) is 15.3. The highest BCUT2D eigenvalue weighted by atomic mass is 19.3. The van der Waals surface area contributed by atoms with E-state index in [0.29, 0.717) is 12.8 Å². The molecule has 1 aromatic rings. The van der Waals surface area contributed by atoms with Crippen molar-refractivity contribution >= 4 is 11.6 Å². The summed E-state index contributed by atoms with van der Waals surface area (Å²) in [5.41, 5.74) is -0.868. The topological polar surface area (TPSA) is 74.6 Å². The van der Waals surface area contributed by atoms with Crippen LogP contribution in [0.2, 0.25) is 0 Å². The van der Waals surface area contributed by atoms with Crippen molar-refractivity contribution in [1.82, 2.24) is 4.90 Å². The fourth-order valence-electron chi connectivity index (χ4n) is 3.21. The molecule has 0 heterocycles. The van der Waals surface area contributed by atoms with Gasteiger partial charge in [-0.05, 0) is 25.0 Å². The number of nitrogens with one attached hydrogen (secondary N) is 1. The van der Waals surface area contributed by atoms with Crippen molar-refractivity contribution in [1.29, 1.82) is 5.26 Å². The van der Waals surface area contributed by atoms with Gasteiger partial charge in [0, 0.05) is 13.1 Å². The first-order chi connectivity index (χ1) is 13.3. The predicted molar refractivity (Wildman–Crippen MR) is 92.4 cm³/mol. The first-order valence-electron chi connectivity index (χ1n) is 8.73. The Bertz CT molecular complexity index is 719. The highest BCUT2D eigenvalue weighted by molar-refractivity contribution is 5.82. The van der Waals surface area contributed by atoms with Gasteiger partial charge < -0.3 is 19.7 Å². The second-order valence-corrected chi connectivity index (χ2v) is 6.43. The number of alkyl halides is 4. The highest BCUT2D eigenvalue weighted by Crippen LogP contribution is 2.33. The lowest BCUT2D eigenvalue weighted by atomic mass is 9.81. The first kappa shape index (κ1) is 21.6. The average Bonchev–Trinajstić information content (AvgIpc) is 2.66. The molecule has 0 saturated heterocycles. The van der Waals surface area contributed by atoms with Crippen LogP contribution in [0.5, 0.6) is 11.5 Å². The minimum absolute atomic E-state index is 0.0123. The fourth-order valence-corrected chi connectivity index (χ4v) is 3.21. The summed E-state index contributed by atoms with van der Waals surface area (Å²) < 4.78 is 58.3. The van der Waals surface area contributed by atoms with Gasteiger partial charge in [0.2, 0.25) is 5.91 Å². The average molecular weight is 403 g/mol. The zero-order chi connectivity index (χ0) is 20.7. The normalized spacial score (nSPS) is 15.8. The van der Waals surface area contributed by atoms with E-state index in [1.54, 1.807) is 0 Å². The molecule has 0 aromatic heterocycles. The number of nitriles is 1. The van der Waals surface area contributed by atoms with Crippen LogP contribution in [0.25, 0.3) is 0 Å². The van der Waals surface area contributed by atoms with Crippen LogP contribution in [-0.2, 0) is 4.79 Å². The highest BCUT2D eigenvalue weighted by Gasteiger charge is 2.38. The molecular formula is C18H21F4N3O3. The van der Waals surface area contributed by atoms with Gasteiger partial charge in [-0.15, -0.1) is 0 Å². The SMILES string of the molecule is CN(C(=O)CNc1ccc(OC(F)F)cc1OC(F)F)C1(C#N)CCCCC1. The number of anilines is 1. The van der Waals surface area contributed by atoms with Crippen molar-refractivity contribution in [2.45, 2.75) is 50.9 Å². The van der Waals surface area contributed by atoms with Crippen molar-refractivity contribution in [3.05, 3.63) is 18.2 Å². The largest absolute Gasteiger partial charge is 0.435 e. The monoisotopic (exact) mass is 403 g/mol. The van der Waals surface area contributed by atoms with Gasteiger partial charge in [0.05, 0.1) is 18.3 Å². The lowest BCUT2D eigenvalue weighted by Gasteiger charge is -2.39. The number of benzene rings is 1. The Balaban J connectivity index is 2.09. The summed E-state index contributed by atoms with van der Waals surface area (Å²) in [5, 5.41) is 12.2. The van der Waals surface area contributed by atoms with Crippen molar-refractivity contribution in [2.24, 2.45) is 0 Å². The van der Waals surface area contributed by atoms with Gasteiger partial charge in [0.1, 0.15) is 11.3 Å². The molecule has 0 bridgehead atoms. The third kappa shape index (κ3) is 5.41. The Kier molecular flexibility index (Phi) is 7.31. The summed E-state index contributed by atoms with van der Waals surface area (Å²) in [5.74, 6) is -1.19. The summed E-state index contributed by atoms with van der Waals surface area (Å²) >= 11 is 0. The number of halogens is 4. The number of carbonyl (C=O) groups excluding carboxylic acids is 1. The molecule has 0 radical (unpaired) electrons. The van der Waals surface area contributed by atoms with Crippen molar-refractivity contribution < 1.29 is 31.8 Å². The van der Waals surface area contributed by atoms with Gasteiger partial charge in [0.15, 0.2) is 5.75 Å². The minimum atomic E-state index is -3.19. The van der Waals surface area contributed by atoms with Crippen LogP contribution in [0.3, 0.4) is 0 Å². The Morgan fingerprint density at radius 3 is 2.43 bits per heavy atom. The van der Waals surface area contributed by atoms with E-state index in [4.69, 9.17) is 0 Å². The fraction of sp³-hybridized carbons (Fsp3) is 0.556. The standard InChI is InChI=1S/C18H21F4N3O3/c1-25(18(11-23)7-3-2-4-8-18)15(26)10-24-13-6-5-12(27-16(19)20)9-14(13)28-17(21)22/h5-6,9,16-17,24H,2-4,7-8,10H2,1H3. The molecule has 0 unspecified atom stereocenters. The maximum absolute atomic E-state index is 12.6. The van der Waals surface area contributed by atoms with Gasteiger partial charge in [-0.1, -0.05) is 19.3 Å². The van der Waals surface area contributed by atoms with Crippen LogP contribution < -0.4 is 14.8 Å². The van der Waals surface area contributed by atoms with Gasteiger partial charge >= 0.3 is 13.2 Å². The van der Waals surface area contributed by atoms with Gasteiger partial charge in [0.25, 0.3) is 0 Å². The maximum atomic E-state index is 12.6. The number of ether oxygens (including phenoxy) is 2. The Morgan fingerprint density at radius 1 is 1.21 bits per heavy atom. The molecular weight excluding hydrogens is 382 g/mol. The number of carbonyl (C=O) groups is 1. The van der Waals surface area contributed by atoms with Gasteiger partial charge in [-0.25, -0.2) is 0 Å².